The number of aromatic nitrogens is 2. The van der Waals surface area contributed by atoms with Crippen LogP contribution in [-0.4, -0.2) is 33.6 Å². The van der Waals surface area contributed by atoms with E-state index in [1.807, 2.05) is 80.7 Å². The topological polar surface area (TPSA) is 88.5 Å². The van der Waals surface area contributed by atoms with Gasteiger partial charge >= 0.3 is 5.97 Å². The molecule has 2 aromatic heterocycles. The van der Waals surface area contributed by atoms with Crippen molar-refractivity contribution < 1.29 is 14.3 Å². The van der Waals surface area contributed by atoms with Gasteiger partial charge in [0.1, 0.15) is 6.04 Å². The Morgan fingerprint density at radius 1 is 1.05 bits per heavy atom. The van der Waals surface area contributed by atoms with Crippen LogP contribution in [0.15, 0.2) is 85.2 Å². The molecule has 3 heterocycles. The fourth-order valence-corrected chi connectivity index (χ4v) is 5.23. The summed E-state index contributed by atoms with van der Waals surface area (Å²) < 4.78 is 6.99. The molecule has 0 aliphatic carbocycles. The van der Waals surface area contributed by atoms with Crippen LogP contribution in [0, 0.1) is 6.92 Å². The summed E-state index contributed by atoms with van der Waals surface area (Å²) in [5, 5.41) is 7.01. The van der Waals surface area contributed by atoms with Crippen LogP contribution in [-0.2, 0) is 9.53 Å². The van der Waals surface area contributed by atoms with E-state index in [1.165, 1.54) is 7.11 Å². The fourth-order valence-electron chi connectivity index (χ4n) is 4.88. The molecule has 198 valence electrons. The van der Waals surface area contributed by atoms with Gasteiger partial charge in [0, 0.05) is 41.6 Å². The maximum atomic E-state index is 12.2. The van der Waals surface area contributed by atoms with Crippen LogP contribution in [0.1, 0.15) is 52.7 Å². The predicted molar refractivity (Wildman–Crippen MR) is 155 cm³/mol. The number of benzene rings is 2. The van der Waals surface area contributed by atoms with E-state index in [4.69, 9.17) is 17.0 Å². The molecular weight excluding hydrogens is 510 g/mol. The highest BCUT2D eigenvalue weighted by Gasteiger charge is 2.42. The second-order valence-electron chi connectivity index (χ2n) is 9.24. The number of aryl methyl sites for hydroxylation is 1. The Kier molecular flexibility index (Phi) is 7.42. The molecule has 1 saturated heterocycles. The van der Waals surface area contributed by atoms with Crippen molar-refractivity contribution in [1.29, 1.82) is 0 Å². The van der Waals surface area contributed by atoms with Gasteiger partial charge in [-0.15, -0.1) is 0 Å². The van der Waals surface area contributed by atoms with E-state index in [1.54, 1.807) is 12.3 Å². The Hall–Kier alpha value is -4.50. The summed E-state index contributed by atoms with van der Waals surface area (Å²) in [7, 11) is 1.37. The van der Waals surface area contributed by atoms with E-state index in [0.29, 0.717) is 17.1 Å². The van der Waals surface area contributed by atoms with E-state index >= 15 is 0 Å². The minimum Gasteiger partial charge on any atom is -0.465 e. The first-order valence-electron chi connectivity index (χ1n) is 12.7. The number of rotatable bonds is 7. The van der Waals surface area contributed by atoms with Crippen molar-refractivity contribution in [3.8, 4) is 5.69 Å². The Morgan fingerprint density at radius 3 is 2.62 bits per heavy atom. The number of esters is 1. The van der Waals surface area contributed by atoms with Crippen molar-refractivity contribution >= 4 is 40.6 Å². The molecule has 1 amide bonds. The number of hydrogen-bond acceptors (Lipinski definition) is 5. The lowest BCUT2D eigenvalue weighted by molar-refractivity contribution is -0.115. The van der Waals surface area contributed by atoms with Crippen LogP contribution in [0.2, 0.25) is 0 Å². The summed E-state index contributed by atoms with van der Waals surface area (Å²) >= 11 is 5.89. The third-order valence-corrected chi connectivity index (χ3v) is 7.12. The molecule has 0 bridgehead atoms. The van der Waals surface area contributed by atoms with Crippen LogP contribution in [0.25, 0.3) is 5.69 Å². The largest absolute Gasteiger partial charge is 0.465 e. The lowest BCUT2D eigenvalue weighted by atomic mass is 10.00. The molecule has 2 N–H and O–H groups in total. The lowest BCUT2D eigenvalue weighted by Gasteiger charge is -2.29. The Bertz CT molecular complexity index is 1530. The summed E-state index contributed by atoms with van der Waals surface area (Å²) in [6.45, 7) is 3.79. The van der Waals surface area contributed by atoms with E-state index in [0.717, 1.165) is 34.0 Å². The van der Waals surface area contributed by atoms with Gasteiger partial charge in [-0.2, -0.15) is 0 Å². The van der Waals surface area contributed by atoms with E-state index in [9.17, 15) is 9.59 Å². The SMILES string of the molecule is CCC(=O)Nc1ccc(N2C(=S)NC(c3ccccn3)C2c2cccn2-c2cccc(C(=O)OC)c2)cc1C. The molecule has 1 fully saturated rings. The number of amides is 1. The zero-order valence-electron chi connectivity index (χ0n) is 21.9. The number of ether oxygens (including phenoxy) is 1. The number of hydrogen-bond donors (Lipinski definition) is 2. The number of carbonyl (C=O) groups excluding carboxylic acids is 2. The highest BCUT2D eigenvalue weighted by atomic mass is 32.1. The van der Waals surface area contributed by atoms with Crippen LogP contribution < -0.4 is 15.5 Å². The van der Waals surface area contributed by atoms with Crippen molar-refractivity contribution in [3.05, 3.63) is 108 Å². The molecular formula is C30H29N5O3S. The molecule has 9 heteroatoms. The number of nitrogens with one attached hydrogen (secondary N) is 2. The van der Waals surface area contributed by atoms with Crippen molar-refractivity contribution in [2.45, 2.75) is 32.4 Å². The van der Waals surface area contributed by atoms with Crippen molar-refractivity contribution in [3.63, 3.8) is 0 Å². The maximum Gasteiger partial charge on any atom is 0.337 e. The van der Waals surface area contributed by atoms with Crippen LogP contribution in [0.5, 0.6) is 0 Å². The average Bonchev–Trinajstić information content (AvgIpc) is 3.58. The smallest absolute Gasteiger partial charge is 0.337 e. The molecule has 2 unspecified atom stereocenters. The van der Waals surface area contributed by atoms with Crippen molar-refractivity contribution in [2.24, 2.45) is 0 Å². The van der Waals surface area contributed by atoms with Gasteiger partial charge in [0.25, 0.3) is 0 Å². The Morgan fingerprint density at radius 2 is 1.90 bits per heavy atom. The number of thiocarbonyl (C=S) groups is 1. The first-order chi connectivity index (χ1) is 18.9. The first kappa shape index (κ1) is 26.1. The van der Waals surface area contributed by atoms with E-state index in [-0.39, 0.29) is 18.0 Å². The standard InChI is InChI=1S/C30H29N5O3S/c1-4-26(36)32-23-14-13-22(17-19(23)2)35-28(27(33-30(35)39)24-11-5-6-15-31-24)25-12-8-16-34(25)21-10-7-9-20(18-21)29(37)38-3/h5-18,27-28H,4H2,1-3H3,(H,32,36)(H,33,39). The van der Waals surface area contributed by atoms with Crippen LogP contribution in [0.4, 0.5) is 11.4 Å². The molecule has 4 aromatic rings. The van der Waals surface area contributed by atoms with E-state index < -0.39 is 5.97 Å². The minimum absolute atomic E-state index is 0.0377. The summed E-state index contributed by atoms with van der Waals surface area (Å²) in [5.74, 6) is -0.433. The molecule has 0 spiro atoms. The minimum atomic E-state index is -0.395. The summed E-state index contributed by atoms with van der Waals surface area (Å²) in [5.41, 5.74) is 5.69. The zero-order chi connectivity index (χ0) is 27.5. The molecule has 39 heavy (non-hydrogen) atoms. The van der Waals surface area contributed by atoms with Gasteiger partial charge < -0.3 is 24.8 Å². The number of pyridine rings is 1. The number of nitrogens with zero attached hydrogens (tertiary/aromatic N) is 3. The van der Waals surface area contributed by atoms with Crippen molar-refractivity contribution in [2.75, 3.05) is 17.3 Å². The summed E-state index contributed by atoms with van der Waals surface area (Å²) in [6, 6.07) is 22.6. The number of carbonyl (C=O) groups is 2. The van der Waals surface area contributed by atoms with Gasteiger partial charge in [-0.1, -0.05) is 19.1 Å². The zero-order valence-corrected chi connectivity index (χ0v) is 22.7. The van der Waals surface area contributed by atoms with Gasteiger partial charge in [0.2, 0.25) is 5.91 Å². The third-order valence-electron chi connectivity index (χ3n) is 6.81. The quantitative estimate of drug-likeness (QED) is 0.237. The molecule has 2 atom stereocenters. The van der Waals surface area contributed by atoms with Gasteiger partial charge in [-0.05, 0) is 85.4 Å². The van der Waals surface area contributed by atoms with Crippen LogP contribution >= 0.6 is 12.2 Å². The van der Waals surface area contributed by atoms with Gasteiger partial charge in [-0.25, -0.2) is 4.79 Å². The van der Waals surface area contributed by atoms with Crippen molar-refractivity contribution in [1.82, 2.24) is 14.9 Å². The number of methoxy groups -OCH3 is 1. The second kappa shape index (κ2) is 11.1. The second-order valence-corrected chi connectivity index (χ2v) is 9.63. The summed E-state index contributed by atoms with van der Waals surface area (Å²) in [4.78, 5) is 31.0. The van der Waals surface area contributed by atoms with Gasteiger partial charge in [0.15, 0.2) is 5.11 Å². The first-order valence-corrected chi connectivity index (χ1v) is 13.1. The molecule has 0 radical (unpaired) electrons. The molecule has 8 nitrogen and oxygen atoms in total. The average molecular weight is 540 g/mol. The Balaban J connectivity index is 1.61. The monoisotopic (exact) mass is 539 g/mol. The molecule has 1 aliphatic heterocycles. The molecule has 5 rings (SSSR count). The maximum absolute atomic E-state index is 12.2. The Labute approximate surface area is 232 Å². The molecule has 2 aromatic carbocycles. The highest BCUT2D eigenvalue weighted by Crippen LogP contribution is 2.43. The number of anilines is 2. The van der Waals surface area contributed by atoms with Crippen LogP contribution in [0.3, 0.4) is 0 Å². The normalized spacial score (nSPS) is 16.6. The highest BCUT2D eigenvalue weighted by molar-refractivity contribution is 7.80. The molecule has 1 aliphatic rings. The van der Waals surface area contributed by atoms with Gasteiger partial charge in [0.05, 0.1) is 24.4 Å². The van der Waals surface area contributed by atoms with Gasteiger partial charge in [-0.3, -0.25) is 9.78 Å². The molecule has 0 saturated carbocycles. The summed E-state index contributed by atoms with van der Waals surface area (Å²) in [6.07, 6.45) is 4.15. The third kappa shape index (κ3) is 5.13. The predicted octanol–water partition coefficient (Wildman–Crippen LogP) is 5.49. The fraction of sp³-hybridized carbons (Fsp3) is 0.200. The van der Waals surface area contributed by atoms with E-state index in [2.05, 4.69) is 31.2 Å². The lowest BCUT2D eigenvalue weighted by Crippen LogP contribution is -2.30.